The molecule has 0 heterocycles. The average molecular weight is 244 g/mol. The number of carbonyl (C=O) groups excluding carboxylic acids is 1. The zero-order chi connectivity index (χ0) is 13.2. The van der Waals surface area contributed by atoms with E-state index < -0.39 is 0 Å². The Balaban J connectivity index is 2.23. The first-order valence-corrected chi connectivity index (χ1v) is 7.24. The van der Waals surface area contributed by atoms with Gasteiger partial charge in [0.2, 0.25) is 0 Å². The van der Waals surface area contributed by atoms with Gasteiger partial charge in [0.1, 0.15) is 0 Å². The van der Waals surface area contributed by atoms with Gasteiger partial charge in [-0.25, -0.2) is 0 Å². The number of Topliss-reactive ketones (excluding diaryl/α,β-unsaturated/α-hetero) is 1. The Labute approximate surface area is 111 Å². The molecular formula is C17H24O. The van der Waals surface area contributed by atoms with Crippen LogP contribution in [0.15, 0.2) is 24.3 Å². The summed E-state index contributed by atoms with van der Waals surface area (Å²) in [4.78, 5) is 12.7. The molecule has 98 valence electrons. The third kappa shape index (κ3) is 2.36. The minimum atomic E-state index is -0.0562. The van der Waals surface area contributed by atoms with Crippen molar-refractivity contribution in [2.75, 3.05) is 0 Å². The maximum atomic E-state index is 12.7. The standard InChI is InChI=1S/C17H24O/c1-4-17(11-5-6-12-17)16(18)15-9-7-14(8-10-15)13(2)3/h7-10,13H,4-6,11-12H2,1-3H3. The van der Waals surface area contributed by atoms with Crippen molar-refractivity contribution in [1.29, 1.82) is 0 Å². The van der Waals surface area contributed by atoms with Gasteiger partial charge in [-0.1, -0.05) is 57.9 Å². The lowest BCUT2D eigenvalue weighted by atomic mass is 9.76. The molecule has 0 spiro atoms. The summed E-state index contributed by atoms with van der Waals surface area (Å²) in [6.45, 7) is 6.52. The van der Waals surface area contributed by atoms with Crippen LogP contribution in [0.3, 0.4) is 0 Å². The lowest BCUT2D eigenvalue weighted by Gasteiger charge is -2.25. The van der Waals surface area contributed by atoms with Crippen molar-refractivity contribution in [1.82, 2.24) is 0 Å². The third-order valence-corrected chi connectivity index (χ3v) is 4.56. The van der Waals surface area contributed by atoms with Crippen molar-refractivity contribution in [2.45, 2.75) is 58.8 Å². The van der Waals surface area contributed by atoms with Gasteiger partial charge in [-0.2, -0.15) is 0 Å². The van der Waals surface area contributed by atoms with Gasteiger partial charge in [0.05, 0.1) is 0 Å². The summed E-state index contributed by atoms with van der Waals surface area (Å²) in [5, 5.41) is 0. The molecule has 0 saturated heterocycles. The van der Waals surface area contributed by atoms with E-state index in [0.717, 1.165) is 24.8 Å². The molecule has 0 bridgehead atoms. The summed E-state index contributed by atoms with van der Waals surface area (Å²) >= 11 is 0. The van der Waals surface area contributed by atoms with E-state index in [2.05, 4.69) is 32.9 Å². The predicted molar refractivity (Wildman–Crippen MR) is 76.1 cm³/mol. The first kappa shape index (κ1) is 13.3. The van der Waals surface area contributed by atoms with E-state index in [-0.39, 0.29) is 5.41 Å². The van der Waals surface area contributed by atoms with Gasteiger partial charge in [0, 0.05) is 11.0 Å². The monoisotopic (exact) mass is 244 g/mol. The van der Waals surface area contributed by atoms with Crippen LogP contribution in [-0.2, 0) is 0 Å². The van der Waals surface area contributed by atoms with Gasteiger partial charge in [0.15, 0.2) is 5.78 Å². The number of benzene rings is 1. The summed E-state index contributed by atoms with van der Waals surface area (Å²) in [5.74, 6) is 0.901. The predicted octanol–water partition coefficient (Wildman–Crippen LogP) is 4.96. The first-order valence-electron chi connectivity index (χ1n) is 7.24. The molecule has 1 aliphatic rings. The van der Waals surface area contributed by atoms with Crippen LogP contribution in [0.25, 0.3) is 0 Å². The maximum Gasteiger partial charge on any atom is 0.168 e. The fraction of sp³-hybridized carbons (Fsp3) is 0.588. The molecule has 18 heavy (non-hydrogen) atoms. The van der Waals surface area contributed by atoms with E-state index >= 15 is 0 Å². The molecule has 0 atom stereocenters. The molecule has 1 heteroatoms. The van der Waals surface area contributed by atoms with Gasteiger partial charge in [-0.15, -0.1) is 0 Å². The molecule has 1 nitrogen and oxygen atoms in total. The lowest BCUT2D eigenvalue weighted by molar-refractivity contribution is 0.0791. The smallest absolute Gasteiger partial charge is 0.168 e. The molecule has 1 saturated carbocycles. The normalized spacial score (nSPS) is 18.2. The Hall–Kier alpha value is -1.11. The van der Waals surface area contributed by atoms with Crippen LogP contribution < -0.4 is 0 Å². The van der Waals surface area contributed by atoms with Crippen LogP contribution in [0.4, 0.5) is 0 Å². The van der Waals surface area contributed by atoms with Crippen molar-refractivity contribution >= 4 is 5.78 Å². The summed E-state index contributed by atoms with van der Waals surface area (Å²) in [7, 11) is 0. The number of hydrogen-bond donors (Lipinski definition) is 0. The zero-order valence-corrected chi connectivity index (χ0v) is 11.8. The molecule has 0 unspecified atom stereocenters. The second kappa shape index (κ2) is 5.26. The highest BCUT2D eigenvalue weighted by molar-refractivity contribution is 6.00. The van der Waals surface area contributed by atoms with Crippen molar-refractivity contribution in [3.8, 4) is 0 Å². The van der Waals surface area contributed by atoms with E-state index in [0.29, 0.717) is 11.7 Å². The highest BCUT2D eigenvalue weighted by Gasteiger charge is 2.39. The van der Waals surface area contributed by atoms with Gasteiger partial charge in [-0.3, -0.25) is 4.79 Å². The van der Waals surface area contributed by atoms with Crippen LogP contribution in [0.1, 0.15) is 74.7 Å². The molecule has 1 aromatic rings. The number of rotatable bonds is 4. The summed E-state index contributed by atoms with van der Waals surface area (Å²) in [6, 6.07) is 8.26. The topological polar surface area (TPSA) is 17.1 Å². The van der Waals surface area contributed by atoms with Crippen LogP contribution in [-0.4, -0.2) is 5.78 Å². The Morgan fingerprint density at radius 2 is 1.72 bits per heavy atom. The van der Waals surface area contributed by atoms with Gasteiger partial charge in [-0.05, 0) is 30.7 Å². The average Bonchev–Trinajstić information content (AvgIpc) is 2.88. The maximum absolute atomic E-state index is 12.7. The molecule has 0 N–H and O–H groups in total. The van der Waals surface area contributed by atoms with E-state index in [4.69, 9.17) is 0 Å². The highest BCUT2D eigenvalue weighted by Crippen LogP contribution is 2.43. The minimum Gasteiger partial charge on any atom is -0.294 e. The van der Waals surface area contributed by atoms with Gasteiger partial charge in [0.25, 0.3) is 0 Å². The number of ketones is 1. The summed E-state index contributed by atoms with van der Waals surface area (Å²) in [6.07, 6.45) is 5.56. The van der Waals surface area contributed by atoms with E-state index in [1.54, 1.807) is 0 Å². The van der Waals surface area contributed by atoms with Crippen molar-refractivity contribution in [2.24, 2.45) is 5.41 Å². The molecule has 1 fully saturated rings. The molecule has 0 aliphatic heterocycles. The minimum absolute atomic E-state index is 0.0562. The molecule has 1 aromatic carbocycles. The quantitative estimate of drug-likeness (QED) is 0.684. The highest BCUT2D eigenvalue weighted by atomic mass is 16.1. The second-order valence-corrected chi connectivity index (χ2v) is 5.95. The van der Waals surface area contributed by atoms with Crippen molar-refractivity contribution < 1.29 is 4.79 Å². The summed E-state index contributed by atoms with van der Waals surface area (Å²) < 4.78 is 0. The molecule has 0 amide bonds. The largest absolute Gasteiger partial charge is 0.294 e. The van der Waals surface area contributed by atoms with Gasteiger partial charge >= 0.3 is 0 Å². The Kier molecular flexibility index (Phi) is 3.89. The fourth-order valence-corrected chi connectivity index (χ4v) is 3.12. The lowest BCUT2D eigenvalue weighted by Crippen LogP contribution is -2.27. The van der Waals surface area contributed by atoms with Crippen LogP contribution >= 0.6 is 0 Å². The molecule has 2 rings (SSSR count). The van der Waals surface area contributed by atoms with E-state index in [1.807, 2.05) is 12.1 Å². The van der Waals surface area contributed by atoms with Crippen LogP contribution in [0, 0.1) is 5.41 Å². The van der Waals surface area contributed by atoms with Crippen LogP contribution in [0.2, 0.25) is 0 Å². The zero-order valence-electron chi connectivity index (χ0n) is 11.8. The Morgan fingerprint density at radius 3 is 2.17 bits per heavy atom. The third-order valence-electron chi connectivity index (χ3n) is 4.56. The SMILES string of the molecule is CCC1(C(=O)c2ccc(C(C)C)cc2)CCCC1. The molecule has 0 radical (unpaired) electrons. The van der Waals surface area contributed by atoms with Crippen molar-refractivity contribution in [3.63, 3.8) is 0 Å². The molecule has 0 aromatic heterocycles. The van der Waals surface area contributed by atoms with E-state index in [1.165, 1.54) is 18.4 Å². The second-order valence-electron chi connectivity index (χ2n) is 5.95. The van der Waals surface area contributed by atoms with E-state index in [9.17, 15) is 4.79 Å². The van der Waals surface area contributed by atoms with Gasteiger partial charge < -0.3 is 0 Å². The Morgan fingerprint density at radius 1 is 1.17 bits per heavy atom. The fourth-order valence-electron chi connectivity index (χ4n) is 3.12. The Bertz CT molecular complexity index is 408. The number of carbonyl (C=O) groups is 1. The first-order chi connectivity index (χ1) is 8.59. The van der Waals surface area contributed by atoms with Crippen LogP contribution in [0.5, 0.6) is 0 Å². The van der Waals surface area contributed by atoms with Crippen molar-refractivity contribution in [3.05, 3.63) is 35.4 Å². The summed E-state index contributed by atoms with van der Waals surface area (Å²) in [5.41, 5.74) is 2.16. The number of hydrogen-bond acceptors (Lipinski definition) is 1. The molecular weight excluding hydrogens is 220 g/mol. The molecule has 1 aliphatic carbocycles.